The Morgan fingerprint density at radius 3 is 2.62 bits per heavy atom. The lowest BCUT2D eigenvalue weighted by Crippen LogP contribution is -2.39. The molecule has 1 aromatic carbocycles. The molecule has 0 radical (unpaired) electrons. The van der Waals surface area contributed by atoms with Crippen molar-refractivity contribution < 1.29 is 4.79 Å². The molecule has 1 saturated heterocycles. The number of nitrogens with one attached hydrogen (secondary N) is 2. The fourth-order valence-corrected chi connectivity index (χ4v) is 2.68. The molecule has 0 saturated carbocycles. The van der Waals surface area contributed by atoms with Crippen LogP contribution in [0.2, 0.25) is 0 Å². The van der Waals surface area contributed by atoms with Gasteiger partial charge < -0.3 is 10.6 Å². The summed E-state index contributed by atoms with van der Waals surface area (Å²) >= 11 is 0. The second-order valence-corrected chi connectivity index (χ2v) is 6.15. The SMILES string of the molecule is Cc1ccc(C(=O)NCCNC2CCN(C(C)C)C2)cc1. The van der Waals surface area contributed by atoms with Crippen molar-refractivity contribution in [1.82, 2.24) is 15.5 Å². The summed E-state index contributed by atoms with van der Waals surface area (Å²) in [6.07, 6.45) is 1.20. The van der Waals surface area contributed by atoms with E-state index in [0.717, 1.165) is 18.7 Å². The van der Waals surface area contributed by atoms with Gasteiger partial charge in [0.15, 0.2) is 0 Å². The molecule has 1 fully saturated rings. The van der Waals surface area contributed by atoms with Crippen LogP contribution in [0.25, 0.3) is 0 Å². The molecular formula is C17H27N3O. The Hall–Kier alpha value is -1.39. The van der Waals surface area contributed by atoms with Crippen LogP contribution in [0, 0.1) is 6.92 Å². The fourth-order valence-electron chi connectivity index (χ4n) is 2.68. The Balaban J connectivity index is 1.64. The molecule has 1 unspecified atom stereocenters. The first-order valence-electron chi connectivity index (χ1n) is 7.88. The highest BCUT2D eigenvalue weighted by Gasteiger charge is 2.23. The topological polar surface area (TPSA) is 44.4 Å². The minimum Gasteiger partial charge on any atom is -0.351 e. The summed E-state index contributed by atoms with van der Waals surface area (Å²) in [4.78, 5) is 14.4. The molecule has 116 valence electrons. The Morgan fingerprint density at radius 1 is 1.29 bits per heavy atom. The van der Waals surface area contributed by atoms with Crippen LogP contribution in [-0.4, -0.2) is 49.1 Å². The van der Waals surface area contributed by atoms with Crippen molar-refractivity contribution in [2.24, 2.45) is 0 Å². The average molecular weight is 289 g/mol. The first-order chi connectivity index (χ1) is 10.1. The van der Waals surface area contributed by atoms with Crippen molar-refractivity contribution in [3.8, 4) is 0 Å². The quantitative estimate of drug-likeness (QED) is 0.785. The van der Waals surface area contributed by atoms with Crippen LogP contribution >= 0.6 is 0 Å². The predicted molar refractivity (Wildman–Crippen MR) is 86.6 cm³/mol. The maximum atomic E-state index is 11.9. The van der Waals surface area contributed by atoms with E-state index in [2.05, 4.69) is 29.4 Å². The number of amides is 1. The molecule has 2 N–H and O–H groups in total. The largest absolute Gasteiger partial charge is 0.351 e. The Kier molecular flexibility index (Phi) is 5.76. The summed E-state index contributed by atoms with van der Waals surface area (Å²) in [5.74, 6) is 0.00651. The number of likely N-dealkylation sites (tertiary alicyclic amines) is 1. The summed E-state index contributed by atoms with van der Waals surface area (Å²) in [5, 5.41) is 6.49. The number of benzene rings is 1. The lowest BCUT2D eigenvalue weighted by Gasteiger charge is -2.20. The first-order valence-corrected chi connectivity index (χ1v) is 7.88. The van der Waals surface area contributed by atoms with E-state index in [1.54, 1.807) is 0 Å². The highest BCUT2D eigenvalue weighted by atomic mass is 16.1. The molecule has 4 heteroatoms. The molecular weight excluding hydrogens is 262 g/mol. The maximum Gasteiger partial charge on any atom is 0.251 e. The third-order valence-corrected chi connectivity index (χ3v) is 4.11. The van der Waals surface area contributed by atoms with Crippen LogP contribution in [0.5, 0.6) is 0 Å². The third-order valence-electron chi connectivity index (χ3n) is 4.11. The van der Waals surface area contributed by atoms with E-state index in [0.29, 0.717) is 18.6 Å². The maximum absolute atomic E-state index is 11.9. The van der Waals surface area contributed by atoms with Crippen LogP contribution in [0.1, 0.15) is 36.2 Å². The molecule has 1 aliphatic heterocycles. The summed E-state index contributed by atoms with van der Waals surface area (Å²) in [6.45, 7) is 10.3. The summed E-state index contributed by atoms with van der Waals surface area (Å²) in [7, 11) is 0. The lowest BCUT2D eigenvalue weighted by molar-refractivity contribution is 0.0953. The van der Waals surface area contributed by atoms with Gasteiger partial charge in [-0.1, -0.05) is 17.7 Å². The fraction of sp³-hybridized carbons (Fsp3) is 0.588. The second kappa shape index (κ2) is 7.57. The van der Waals surface area contributed by atoms with Gasteiger partial charge in [-0.3, -0.25) is 9.69 Å². The summed E-state index contributed by atoms with van der Waals surface area (Å²) in [5.41, 5.74) is 1.90. The van der Waals surface area contributed by atoms with E-state index in [4.69, 9.17) is 0 Å². The minimum absolute atomic E-state index is 0.00651. The standard InChI is InChI=1S/C17H27N3O/c1-13(2)20-11-8-16(12-20)18-9-10-19-17(21)15-6-4-14(3)5-7-15/h4-7,13,16,18H,8-12H2,1-3H3,(H,19,21). The summed E-state index contributed by atoms with van der Waals surface area (Å²) in [6, 6.07) is 8.85. The second-order valence-electron chi connectivity index (χ2n) is 6.15. The number of aryl methyl sites for hydroxylation is 1. The van der Waals surface area contributed by atoms with Gasteiger partial charge in [0, 0.05) is 37.3 Å². The number of carbonyl (C=O) groups excluding carboxylic acids is 1. The zero-order valence-electron chi connectivity index (χ0n) is 13.4. The smallest absolute Gasteiger partial charge is 0.251 e. The van der Waals surface area contributed by atoms with E-state index in [1.165, 1.54) is 18.5 Å². The van der Waals surface area contributed by atoms with Crippen molar-refractivity contribution in [3.05, 3.63) is 35.4 Å². The Bertz CT molecular complexity index is 456. The van der Waals surface area contributed by atoms with Crippen LogP contribution in [-0.2, 0) is 0 Å². The summed E-state index contributed by atoms with van der Waals surface area (Å²) < 4.78 is 0. The van der Waals surface area contributed by atoms with Gasteiger partial charge in [0.1, 0.15) is 0 Å². The van der Waals surface area contributed by atoms with E-state index in [9.17, 15) is 4.79 Å². The zero-order chi connectivity index (χ0) is 15.2. The number of hydrogen-bond donors (Lipinski definition) is 2. The molecule has 0 bridgehead atoms. The molecule has 1 atom stereocenters. The van der Waals surface area contributed by atoms with Crippen molar-refractivity contribution >= 4 is 5.91 Å². The van der Waals surface area contributed by atoms with E-state index >= 15 is 0 Å². The first kappa shape index (κ1) is 16.0. The van der Waals surface area contributed by atoms with Gasteiger partial charge in [0.25, 0.3) is 5.91 Å². The van der Waals surface area contributed by atoms with Gasteiger partial charge in [-0.2, -0.15) is 0 Å². The molecule has 4 nitrogen and oxygen atoms in total. The molecule has 0 aliphatic carbocycles. The van der Waals surface area contributed by atoms with Gasteiger partial charge in [-0.05, 0) is 45.9 Å². The van der Waals surface area contributed by atoms with E-state index in [-0.39, 0.29) is 5.91 Å². The number of carbonyl (C=O) groups is 1. The van der Waals surface area contributed by atoms with Crippen molar-refractivity contribution in [2.75, 3.05) is 26.2 Å². The van der Waals surface area contributed by atoms with Crippen LogP contribution in [0.4, 0.5) is 0 Å². The molecule has 0 spiro atoms. The minimum atomic E-state index is 0.00651. The Morgan fingerprint density at radius 2 is 2.00 bits per heavy atom. The van der Waals surface area contributed by atoms with Gasteiger partial charge >= 0.3 is 0 Å². The lowest BCUT2D eigenvalue weighted by atomic mass is 10.1. The van der Waals surface area contributed by atoms with Gasteiger partial charge in [0.05, 0.1) is 0 Å². The molecule has 2 rings (SSSR count). The number of rotatable bonds is 6. The van der Waals surface area contributed by atoms with Crippen molar-refractivity contribution in [3.63, 3.8) is 0 Å². The normalized spacial score (nSPS) is 19.1. The van der Waals surface area contributed by atoms with Gasteiger partial charge in [-0.25, -0.2) is 0 Å². The highest BCUT2D eigenvalue weighted by molar-refractivity contribution is 5.94. The highest BCUT2D eigenvalue weighted by Crippen LogP contribution is 2.11. The van der Waals surface area contributed by atoms with Crippen LogP contribution < -0.4 is 10.6 Å². The average Bonchev–Trinajstić information content (AvgIpc) is 2.93. The predicted octanol–water partition coefficient (Wildman–Crippen LogP) is 1.80. The number of hydrogen-bond acceptors (Lipinski definition) is 3. The molecule has 21 heavy (non-hydrogen) atoms. The third kappa shape index (κ3) is 4.83. The van der Waals surface area contributed by atoms with Crippen molar-refractivity contribution in [2.45, 2.75) is 39.3 Å². The number of nitrogens with zero attached hydrogens (tertiary/aromatic N) is 1. The monoisotopic (exact) mass is 289 g/mol. The van der Waals surface area contributed by atoms with Gasteiger partial charge in [-0.15, -0.1) is 0 Å². The molecule has 1 aliphatic rings. The molecule has 1 heterocycles. The van der Waals surface area contributed by atoms with Crippen molar-refractivity contribution in [1.29, 1.82) is 0 Å². The van der Waals surface area contributed by atoms with Gasteiger partial charge in [0.2, 0.25) is 0 Å². The van der Waals surface area contributed by atoms with Crippen LogP contribution in [0.15, 0.2) is 24.3 Å². The van der Waals surface area contributed by atoms with Crippen LogP contribution in [0.3, 0.4) is 0 Å². The Labute approximate surface area is 127 Å². The molecule has 1 aromatic rings. The van der Waals surface area contributed by atoms with E-state index in [1.807, 2.05) is 31.2 Å². The molecule has 0 aromatic heterocycles. The zero-order valence-corrected chi connectivity index (χ0v) is 13.4. The van der Waals surface area contributed by atoms with E-state index < -0.39 is 0 Å². The molecule has 1 amide bonds.